The van der Waals surface area contributed by atoms with Crippen molar-refractivity contribution in [2.24, 2.45) is 0 Å². The number of hydrogen-bond donors (Lipinski definition) is 0. The molecule has 1 nitrogen and oxygen atoms in total. The van der Waals surface area contributed by atoms with Crippen molar-refractivity contribution < 1.29 is 6.11 Å². The Balaban J connectivity index is 2.57. The highest BCUT2D eigenvalue weighted by atomic mass is 16.5. The van der Waals surface area contributed by atoms with Gasteiger partial charge >= 0.3 is 0 Å². The Morgan fingerprint density at radius 3 is 3.00 bits per heavy atom. The highest BCUT2D eigenvalue weighted by Gasteiger charge is 1.75. The van der Waals surface area contributed by atoms with Crippen molar-refractivity contribution in [3.8, 4) is 0 Å². The Morgan fingerprint density at radius 2 is 2.67 bits per heavy atom. The second kappa shape index (κ2) is 1.65. The highest BCUT2D eigenvalue weighted by Crippen LogP contribution is 1.87. The summed E-state index contributed by atoms with van der Waals surface area (Å²) >= 11 is 0. The van der Waals surface area contributed by atoms with Crippen LogP contribution in [-0.2, 0) is 4.74 Å². The van der Waals surface area contributed by atoms with Gasteiger partial charge in [0.25, 0.3) is 0 Å². The standard InChI is InChI=1S/C5H6O/c1-2-4-6-5-3-1/h1-4H,5H2/i4T. The maximum absolute atomic E-state index is 6.86. The normalized spacial score (nSPS) is 21.3. The van der Waals surface area contributed by atoms with E-state index >= 15 is 0 Å². The van der Waals surface area contributed by atoms with Gasteiger partial charge in [-0.1, -0.05) is 6.08 Å². The molecule has 0 saturated heterocycles. The molecule has 0 radical (unpaired) electrons. The summed E-state index contributed by atoms with van der Waals surface area (Å²) in [5.41, 5.74) is 0. The molecule has 0 atom stereocenters. The lowest BCUT2D eigenvalue weighted by Crippen LogP contribution is -1.82. The third-order valence-corrected chi connectivity index (χ3v) is 0.563. The third-order valence-electron chi connectivity index (χ3n) is 0.563. The summed E-state index contributed by atoms with van der Waals surface area (Å²) in [4.78, 5) is 0. The summed E-state index contributed by atoms with van der Waals surface area (Å²) in [5.74, 6) is 0. The minimum absolute atomic E-state index is 0.252. The molecule has 1 aliphatic heterocycles. The van der Waals surface area contributed by atoms with Crippen LogP contribution in [0.15, 0.2) is 24.5 Å². The molecule has 0 aliphatic carbocycles. The van der Waals surface area contributed by atoms with Crippen LogP contribution in [0, 0.1) is 0 Å². The first-order valence-electron chi connectivity index (χ1n) is 2.36. The van der Waals surface area contributed by atoms with Gasteiger partial charge in [-0.15, -0.1) is 0 Å². The maximum Gasteiger partial charge on any atom is 0.106 e. The van der Waals surface area contributed by atoms with Gasteiger partial charge in [-0.05, 0) is 12.2 Å². The first-order valence-corrected chi connectivity index (χ1v) is 1.86. The van der Waals surface area contributed by atoms with E-state index in [0.717, 1.165) is 0 Å². The van der Waals surface area contributed by atoms with Crippen LogP contribution in [0.1, 0.15) is 1.37 Å². The molecule has 0 amide bonds. The second-order valence-corrected chi connectivity index (χ2v) is 1.02. The average molecular weight is 84.1 g/mol. The Labute approximate surface area is 38.3 Å². The summed E-state index contributed by atoms with van der Waals surface area (Å²) in [7, 11) is 0. The van der Waals surface area contributed by atoms with Crippen LogP contribution >= 0.6 is 0 Å². The van der Waals surface area contributed by atoms with Crippen molar-refractivity contribution in [3.63, 3.8) is 0 Å². The average Bonchev–Trinajstić information content (AvgIpc) is 1.69. The van der Waals surface area contributed by atoms with Crippen LogP contribution in [0.2, 0.25) is 0 Å². The molecule has 0 saturated carbocycles. The van der Waals surface area contributed by atoms with Crippen molar-refractivity contribution >= 4 is 0 Å². The summed E-state index contributed by atoms with van der Waals surface area (Å²) in [5, 5.41) is 0. The zero-order valence-electron chi connectivity index (χ0n) is 4.35. The van der Waals surface area contributed by atoms with E-state index in [9.17, 15) is 0 Å². The molecule has 0 unspecified atom stereocenters. The van der Waals surface area contributed by atoms with Crippen LogP contribution < -0.4 is 0 Å². The van der Waals surface area contributed by atoms with E-state index < -0.39 is 0 Å². The van der Waals surface area contributed by atoms with Gasteiger partial charge in [-0.3, -0.25) is 0 Å². The van der Waals surface area contributed by atoms with Crippen LogP contribution in [0.3, 0.4) is 0 Å². The zero-order chi connectivity index (χ0) is 5.11. The predicted molar refractivity (Wildman–Crippen MR) is 24.2 cm³/mol. The first kappa shape index (κ1) is 2.45. The molecule has 0 fully saturated rings. The number of rotatable bonds is 0. The largest absolute Gasteiger partial charge is 0.497 e. The summed E-state index contributed by atoms with van der Waals surface area (Å²) in [6, 6.07) is 0. The van der Waals surface area contributed by atoms with Crippen molar-refractivity contribution in [1.29, 1.82) is 0 Å². The summed E-state index contributed by atoms with van der Waals surface area (Å²) in [6.07, 6.45) is 5.54. The number of ether oxygens (including phenoxy) is 1. The van der Waals surface area contributed by atoms with Crippen LogP contribution in [0.5, 0.6) is 0 Å². The fraction of sp³-hybridized carbons (Fsp3) is 0.200. The molecular weight excluding hydrogens is 76.1 g/mol. The quantitative estimate of drug-likeness (QED) is 0.427. The predicted octanol–water partition coefficient (Wildman–Crippen LogP) is 1.09. The van der Waals surface area contributed by atoms with Crippen molar-refractivity contribution in [1.82, 2.24) is 0 Å². The Bertz CT molecular complexity index is 115. The maximum atomic E-state index is 6.86. The highest BCUT2D eigenvalue weighted by molar-refractivity contribution is 5.02. The third kappa shape index (κ3) is 0.612. The molecule has 1 heteroatoms. The van der Waals surface area contributed by atoms with E-state index in [1.54, 1.807) is 6.08 Å². The summed E-state index contributed by atoms with van der Waals surface area (Å²) < 4.78 is 11.6. The SMILES string of the molecule is [3H]C1=CC=CCO1. The molecule has 0 N–H and O–H groups in total. The van der Waals surface area contributed by atoms with Gasteiger partial charge in [0.2, 0.25) is 0 Å². The van der Waals surface area contributed by atoms with Crippen molar-refractivity contribution in [3.05, 3.63) is 24.5 Å². The van der Waals surface area contributed by atoms with Gasteiger partial charge in [0.15, 0.2) is 0 Å². The molecule has 0 aromatic carbocycles. The van der Waals surface area contributed by atoms with E-state index in [1.165, 1.54) is 0 Å². The summed E-state index contributed by atoms with van der Waals surface area (Å²) in [6.45, 7) is 0.551. The molecule has 32 valence electrons. The van der Waals surface area contributed by atoms with Gasteiger partial charge in [-0.25, -0.2) is 0 Å². The minimum Gasteiger partial charge on any atom is -0.497 e. The minimum atomic E-state index is 0.252. The van der Waals surface area contributed by atoms with Gasteiger partial charge in [0.05, 0.1) is 6.24 Å². The number of allylic oxidation sites excluding steroid dienone is 2. The zero-order valence-corrected chi connectivity index (χ0v) is 3.35. The molecule has 0 bridgehead atoms. The Morgan fingerprint density at radius 1 is 1.67 bits per heavy atom. The molecule has 0 spiro atoms. The Hall–Kier alpha value is -0.720. The van der Waals surface area contributed by atoms with Crippen LogP contribution in [0.4, 0.5) is 0 Å². The lowest BCUT2D eigenvalue weighted by atomic mass is 10.5. The lowest BCUT2D eigenvalue weighted by Gasteiger charge is -1.94. The van der Waals surface area contributed by atoms with E-state index in [-0.39, 0.29) is 6.24 Å². The smallest absolute Gasteiger partial charge is 0.106 e. The van der Waals surface area contributed by atoms with Crippen molar-refractivity contribution in [2.45, 2.75) is 0 Å². The number of hydrogen-bond acceptors (Lipinski definition) is 1. The second-order valence-electron chi connectivity index (χ2n) is 1.02. The molecular formula is C5H6O. The molecule has 1 rings (SSSR count). The molecule has 1 aliphatic rings. The topological polar surface area (TPSA) is 9.23 Å². The molecule has 0 aromatic rings. The van der Waals surface area contributed by atoms with E-state index in [4.69, 9.17) is 6.11 Å². The van der Waals surface area contributed by atoms with Gasteiger partial charge in [0.1, 0.15) is 7.98 Å². The van der Waals surface area contributed by atoms with Crippen molar-refractivity contribution in [2.75, 3.05) is 6.61 Å². The molecule has 1 heterocycles. The van der Waals surface area contributed by atoms with E-state index in [0.29, 0.717) is 6.61 Å². The van der Waals surface area contributed by atoms with Gasteiger partial charge in [-0.2, -0.15) is 0 Å². The fourth-order valence-electron chi connectivity index (χ4n) is 0.307. The molecule has 6 heavy (non-hydrogen) atoms. The van der Waals surface area contributed by atoms with Gasteiger partial charge in [0, 0.05) is 0 Å². The monoisotopic (exact) mass is 84.1 g/mol. The fourth-order valence-corrected chi connectivity index (χ4v) is 0.307. The Kier molecular flexibility index (Phi) is 0.675. The van der Waals surface area contributed by atoms with Crippen LogP contribution in [0.25, 0.3) is 0 Å². The van der Waals surface area contributed by atoms with E-state index in [1.807, 2.05) is 12.2 Å². The van der Waals surface area contributed by atoms with Crippen LogP contribution in [-0.4, -0.2) is 6.61 Å². The van der Waals surface area contributed by atoms with Gasteiger partial charge < -0.3 is 4.74 Å². The van der Waals surface area contributed by atoms with E-state index in [2.05, 4.69) is 0 Å². The first-order chi connectivity index (χ1) is 3.39. The molecule has 0 aromatic heterocycles. The lowest BCUT2D eigenvalue weighted by molar-refractivity contribution is 0.286.